The van der Waals surface area contributed by atoms with Gasteiger partial charge in [0.15, 0.2) is 46.0 Å². The molecule has 0 heterocycles. The summed E-state index contributed by atoms with van der Waals surface area (Å²) in [5.74, 6) is -1.24. The Hall–Kier alpha value is -6.30. The fourth-order valence-electron chi connectivity index (χ4n) is 5.43. The fourth-order valence-corrected chi connectivity index (χ4v) is 5.43. The van der Waals surface area contributed by atoms with Gasteiger partial charge in [0.1, 0.15) is 0 Å². The molecule has 0 saturated carbocycles. The Balaban J connectivity index is 1.61. The van der Waals surface area contributed by atoms with Crippen molar-refractivity contribution in [2.24, 2.45) is 11.8 Å². The second kappa shape index (κ2) is 18.6. The zero-order chi connectivity index (χ0) is 37.6. The summed E-state index contributed by atoms with van der Waals surface area (Å²) < 4.78 is 32.4. The Morgan fingerprint density at radius 1 is 0.519 bits per heavy atom. The number of hydrogen-bond donors (Lipinski definition) is 4. The van der Waals surface area contributed by atoms with Crippen molar-refractivity contribution < 1.29 is 58.4 Å². The van der Waals surface area contributed by atoms with E-state index in [0.717, 1.165) is 11.1 Å². The monoisotopic (exact) mass is 714 g/mol. The van der Waals surface area contributed by atoms with Crippen molar-refractivity contribution in [2.75, 3.05) is 41.7 Å². The molecule has 0 aliphatic heterocycles. The van der Waals surface area contributed by atoms with Gasteiger partial charge >= 0.3 is 11.9 Å². The molecule has 4 aromatic carbocycles. The molecular weight excluding hydrogens is 672 g/mol. The second-order valence-corrected chi connectivity index (χ2v) is 11.7. The number of esters is 2. The Kier molecular flexibility index (Phi) is 13.8. The van der Waals surface area contributed by atoms with Crippen LogP contribution in [0.1, 0.15) is 22.3 Å². The van der Waals surface area contributed by atoms with Crippen molar-refractivity contribution in [2.45, 2.75) is 12.8 Å². The number of aromatic hydroxyl groups is 4. The number of ether oxygens (including phenoxy) is 6. The van der Waals surface area contributed by atoms with Crippen LogP contribution >= 0.6 is 0 Å². The van der Waals surface area contributed by atoms with E-state index in [1.807, 2.05) is 0 Å². The van der Waals surface area contributed by atoms with Gasteiger partial charge < -0.3 is 48.8 Å². The van der Waals surface area contributed by atoms with Crippen LogP contribution in [-0.2, 0) is 31.9 Å². The lowest BCUT2D eigenvalue weighted by atomic mass is 9.83. The molecule has 0 aliphatic carbocycles. The van der Waals surface area contributed by atoms with E-state index in [1.54, 1.807) is 48.5 Å². The van der Waals surface area contributed by atoms with Crippen LogP contribution in [0.25, 0.3) is 12.2 Å². The van der Waals surface area contributed by atoms with Gasteiger partial charge in [-0.15, -0.1) is 0 Å². The Bertz CT molecular complexity index is 1760. The van der Waals surface area contributed by atoms with E-state index >= 15 is 0 Å². The first kappa shape index (κ1) is 38.5. The molecule has 0 saturated heterocycles. The first-order valence-corrected chi connectivity index (χ1v) is 16.2. The summed E-state index contributed by atoms with van der Waals surface area (Å²) in [7, 11) is 5.73. The van der Waals surface area contributed by atoms with Crippen LogP contribution in [0.5, 0.6) is 46.0 Å². The Labute approximate surface area is 301 Å². The number of hydrogen-bond acceptors (Lipinski definition) is 12. The predicted octanol–water partition coefficient (Wildman–Crippen LogP) is 6.07. The number of rotatable bonds is 17. The minimum absolute atomic E-state index is 0.0370. The highest BCUT2D eigenvalue weighted by molar-refractivity contribution is 5.87. The van der Waals surface area contributed by atoms with Crippen LogP contribution in [0.4, 0.5) is 0 Å². The summed E-state index contributed by atoms with van der Waals surface area (Å²) in [5, 5.41) is 40.2. The van der Waals surface area contributed by atoms with Crippen molar-refractivity contribution in [3.8, 4) is 46.0 Å². The standard InChI is InChI=1S/C40H42O12/c1-47-35-19-25(5-11-31(35)41)9-15-39(45)51-23-29(17-27-7-13-33(43)37(21-27)49-3)30(18-28-8-14-34(44)38(22-28)50-4)24-52-40(46)16-10-26-6-12-32(42)36(20-26)48-2/h5-16,19-22,29-30,41-44H,17-18,23-24H2,1-4H3/b15-9-,16-10+/t29-,30-/m0/s1. The number of phenols is 4. The molecule has 274 valence electrons. The van der Waals surface area contributed by atoms with E-state index in [0.29, 0.717) is 24.0 Å². The molecule has 0 aromatic heterocycles. The number of phenolic OH excluding ortho intramolecular Hbond substituents is 4. The largest absolute Gasteiger partial charge is 0.504 e. The third-order valence-corrected chi connectivity index (χ3v) is 8.26. The average molecular weight is 715 g/mol. The maximum atomic E-state index is 13.0. The summed E-state index contributed by atoms with van der Waals surface area (Å²) in [6.45, 7) is -0.155. The molecule has 0 radical (unpaired) electrons. The van der Waals surface area contributed by atoms with Crippen LogP contribution in [0.2, 0.25) is 0 Å². The lowest BCUT2D eigenvalue weighted by Gasteiger charge is -2.27. The topological polar surface area (TPSA) is 170 Å². The average Bonchev–Trinajstić information content (AvgIpc) is 3.15. The molecule has 0 aliphatic rings. The summed E-state index contributed by atoms with van der Waals surface area (Å²) in [4.78, 5) is 26.0. The number of carbonyl (C=O) groups is 2. The van der Waals surface area contributed by atoms with Gasteiger partial charge in [0.05, 0.1) is 41.7 Å². The lowest BCUT2D eigenvalue weighted by molar-refractivity contribution is -0.143. The SMILES string of the molecule is COc1cc(/C=C\C(=O)OC[C@H](Cc2ccc(O)c(OC)c2)[C@H](COC(=O)/C=C/c2ccc(O)c(OC)c2)Cc2ccc(O)c(OC)c2)ccc1O. The molecule has 4 rings (SSSR count). The quantitative estimate of drug-likeness (QED) is 0.0736. The first-order chi connectivity index (χ1) is 25.0. The van der Waals surface area contributed by atoms with Crippen LogP contribution < -0.4 is 18.9 Å². The molecule has 4 aromatic rings. The van der Waals surface area contributed by atoms with Gasteiger partial charge in [-0.1, -0.05) is 24.3 Å². The van der Waals surface area contributed by atoms with E-state index in [4.69, 9.17) is 28.4 Å². The van der Waals surface area contributed by atoms with Crippen molar-refractivity contribution in [1.29, 1.82) is 0 Å². The zero-order valence-electron chi connectivity index (χ0n) is 29.3. The molecule has 0 amide bonds. The van der Waals surface area contributed by atoms with E-state index in [9.17, 15) is 30.0 Å². The van der Waals surface area contributed by atoms with Gasteiger partial charge in [-0.2, -0.15) is 0 Å². The van der Waals surface area contributed by atoms with Gasteiger partial charge in [0.2, 0.25) is 0 Å². The van der Waals surface area contributed by atoms with Gasteiger partial charge in [0.25, 0.3) is 0 Å². The van der Waals surface area contributed by atoms with Crippen LogP contribution in [0.3, 0.4) is 0 Å². The predicted molar refractivity (Wildman–Crippen MR) is 193 cm³/mol. The van der Waals surface area contributed by atoms with Crippen LogP contribution in [0.15, 0.2) is 84.9 Å². The maximum absolute atomic E-state index is 13.0. The summed E-state index contributed by atoms with van der Waals surface area (Å²) >= 11 is 0. The number of carbonyl (C=O) groups excluding carboxylic acids is 2. The maximum Gasteiger partial charge on any atom is 0.330 e. The van der Waals surface area contributed by atoms with Gasteiger partial charge in [-0.3, -0.25) is 0 Å². The van der Waals surface area contributed by atoms with E-state index < -0.39 is 23.8 Å². The van der Waals surface area contributed by atoms with Crippen LogP contribution in [0, 0.1) is 11.8 Å². The molecule has 0 fully saturated rings. The highest BCUT2D eigenvalue weighted by Crippen LogP contribution is 2.33. The molecule has 12 nitrogen and oxygen atoms in total. The summed E-state index contributed by atoms with van der Waals surface area (Å²) in [5.41, 5.74) is 2.74. The first-order valence-electron chi connectivity index (χ1n) is 16.2. The number of benzene rings is 4. The zero-order valence-corrected chi connectivity index (χ0v) is 29.3. The van der Waals surface area contributed by atoms with Gasteiger partial charge in [0, 0.05) is 24.0 Å². The van der Waals surface area contributed by atoms with E-state index in [1.165, 1.54) is 77.0 Å². The lowest BCUT2D eigenvalue weighted by Crippen LogP contribution is -2.30. The van der Waals surface area contributed by atoms with Gasteiger partial charge in [-0.25, -0.2) is 9.59 Å². The van der Waals surface area contributed by atoms with E-state index in [2.05, 4.69) is 0 Å². The molecule has 0 bridgehead atoms. The normalized spacial score (nSPS) is 12.3. The number of methoxy groups -OCH3 is 4. The van der Waals surface area contributed by atoms with Gasteiger partial charge in [-0.05, 0) is 95.8 Å². The smallest absolute Gasteiger partial charge is 0.330 e. The molecule has 52 heavy (non-hydrogen) atoms. The highest BCUT2D eigenvalue weighted by atomic mass is 16.5. The Morgan fingerprint density at radius 2 is 0.846 bits per heavy atom. The highest BCUT2D eigenvalue weighted by Gasteiger charge is 2.26. The molecule has 0 spiro atoms. The molecule has 12 heteroatoms. The fraction of sp³-hybridized carbons (Fsp3) is 0.250. The van der Waals surface area contributed by atoms with Crippen LogP contribution in [-0.4, -0.2) is 74.0 Å². The van der Waals surface area contributed by atoms with Crippen molar-refractivity contribution in [1.82, 2.24) is 0 Å². The molecule has 0 unspecified atom stereocenters. The third-order valence-electron chi connectivity index (χ3n) is 8.26. The molecule has 4 N–H and O–H groups in total. The minimum Gasteiger partial charge on any atom is -0.504 e. The molecular formula is C40H42O12. The minimum atomic E-state index is -0.630. The second-order valence-electron chi connectivity index (χ2n) is 11.7. The van der Waals surface area contributed by atoms with Crippen molar-refractivity contribution in [3.05, 3.63) is 107 Å². The molecule has 2 atom stereocenters. The third kappa shape index (κ3) is 10.8. The summed E-state index contributed by atoms with van der Waals surface area (Å²) in [6, 6.07) is 19.1. The van der Waals surface area contributed by atoms with E-state index in [-0.39, 0.29) is 59.2 Å². The van der Waals surface area contributed by atoms with Crippen molar-refractivity contribution >= 4 is 24.1 Å². The summed E-state index contributed by atoms with van der Waals surface area (Å²) in [6.07, 6.45) is 6.25. The van der Waals surface area contributed by atoms with Crippen molar-refractivity contribution in [3.63, 3.8) is 0 Å². The Morgan fingerprint density at radius 3 is 1.19 bits per heavy atom.